The smallest absolute Gasteiger partial charge is 0.141 e. The molecule has 2 aromatic carbocycles. The van der Waals surface area contributed by atoms with E-state index in [1.165, 1.54) is 52.3 Å². The summed E-state index contributed by atoms with van der Waals surface area (Å²) in [5.41, 5.74) is 1.38. The number of pyridine rings is 1. The molecule has 0 spiro atoms. The van der Waals surface area contributed by atoms with Gasteiger partial charge < -0.3 is 10.0 Å². The van der Waals surface area contributed by atoms with Gasteiger partial charge in [0.25, 0.3) is 0 Å². The molecule has 13 heteroatoms. The molecule has 1 aliphatic rings. The van der Waals surface area contributed by atoms with Crippen LogP contribution in [0.2, 0.25) is 0 Å². The zero-order valence-electron chi connectivity index (χ0n) is 24.4. The SMILES string of the molecule is O[C@](CN1CCC(c2nccc(-c3c(-c4ccc(F)cc4)nn4cc(F)ccc34)n2)CC1)(Cn1cncn1)c1ccc(F)cc1F. The van der Waals surface area contributed by atoms with Crippen LogP contribution in [0.15, 0.2) is 85.7 Å². The van der Waals surface area contributed by atoms with Crippen LogP contribution in [0.25, 0.3) is 28.0 Å². The van der Waals surface area contributed by atoms with Crippen LogP contribution in [-0.2, 0) is 12.1 Å². The fraction of sp³-hybridized carbons (Fsp3) is 0.242. The first-order chi connectivity index (χ1) is 22.3. The van der Waals surface area contributed by atoms with E-state index >= 15 is 0 Å². The summed E-state index contributed by atoms with van der Waals surface area (Å²) in [6, 6.07) is 13.9. The Hall–Kier alpha value is -5.01. The van der Waals surface area contributed by atoms with Gasteiger partial charge in [-0.1, -0.05) is 6.07 Å². The molecule has 0 amide bonds. The lowest BCUT2D eigenvalue weighted by Gasteiger charge is -2.38. The van der Waals surface area contributed by atoms with Crippen LogP contribution >= 0.6 is 0 Å². The zero-order valence-corrected chi connectivity index (χ0v) is 24.4. The summed E-state index contributed by atoms with van der Waals surface area (Å²) in [5.74, 6) is -1.76. The first-order valence-corrected chi connectivity index (χ1v) is 14.8. The lowest BCUT2D eigenvalue weighted by Crippen LogP contribution is -2.47. The lowest BCUT2D eigenvalue weighted by atomic mass is 9.90. The van der Waals surface area contributed by atoms with E-state index < -0.39 is 23.1 Å². The highest BCUT2D eigenvalue weighted by Crippen LogP contribution is 2.36. The third-order valence-electron chi connectivity index (χ3n) is 8.40. The van der Waals surface area contributed by atoms with E-state index in [0.717, 1.165) is 12.1 Å². The minimum absolute atomic E-state index is 0.00396. The fourth-order valence-electron chi connectivity index (χ4n) is 6.18. The number of aromatic nitrogens is 7. The Morgan fingerprint density at radius 2 is 1.63 bits per heavy atom. The minimum atomic E-state index is -1.70. The van der Waals surface area contributed by atoms with Crippen LogP contribution in [0.4, 0.5) is 17.6 Å². The van der Waals surface area contributed by atoms with Gasteiger partial charge in [0.2, 0.25) is 0 Å². The summed E-state index contributed by atoms with van der Waals surface area (Å²) in [5, 5.41) is 20.5. The van der Waals surface area contributed by atoms with Gasteiger partial charge in [-0.15, -0.1) is 0 Å². The maximum atomic E-state index is 14.9. The van der Waals surface area contributed by atoms with Gasteiger partial charge in [-0.2, -0.15) is 10.2 Å². The maximum absolute atomic E-state index is 14.9. The fourth-order valence-corrected chi connectivity index (χ4v) is 6.18. The maximum Gasteiger partial charge on any atom is 0.141 e. The van der Waals surface area contributed by atoms with Crippen molar-refractivity contribution < 1.29 is 22.7 Å². The summed E-state index contributed by atoms with van der Waals surface area (Å²) in [6.07, 6.45) is 7.06. The van der Waals surface area contributed by atoms with E-state index in [-0.39, 0.29) is 30.4 Å². The minimum Gasteiger partial charge on any atom is -0.382 e. The largest absolute Gasteiger partial charge is 0.382 e. The normalized spacial score (nSPS) is 15.8. The number of nitrogens with zero attached hydrogens (tertiary/aromatic N) is 8. The number of rotatable bonds is 8. The van der Waals surface area contributed by atoms with E-state index in [1.54, 1.807) is 30.5 Å². The molecule has 4 aromatic heterocycles. The van der Waals surface area contributed by atoms with Crippen LogP contribution in [-0.4, -0.2) is 64.0 Å². The Balaban J connectivity index is 1.14. The van der Waals surface area contributed by atoms with E-state index in [1.807, 2.05) is 4.90 Å². The molecule has 5 heterocycles. The van der Waals surface area contributed by atoms with Gasteiger partial charge in [-0.3, -0.25) is 0 Å². The van der Waals surface area contributed by atoms with E-state index in [0.29, 0.717) is 59.8 Å². The van der Waals surface area contributed by atoms with Gasteiger partial charge >= 0.3 is 0 Å². The summed E-state index contributed by atoms with van der Waals surface area (Å²) in [7, 11) is 0. The van der Waals surface area contributed by atoms with Crippen LogP contribution < -0.4 is 0 Å². The van der Waals surface area contributed by atoms with E-state index in [4.69, 9.17) is 4.98 Å². The highest BCUT2D eigenvalue weighted by atomic mass is 19.1. The van der Waals surface area contributed by atoms with Crippen molar-refractivity contribution in [3.8, 4) is 22.5 Å². The number of halogens is 4. The molecule has 234 valence electrons. The molecule has 7 rings (SSSR count). The number of fused-ring (bicyclic) bond motifs is 1. The van der Waals surface area contributed by atoms with Crippen molar-refractivity contribution in [1.82, 2.24) is 39.2 Å². The van der Waals surface area contributed by atoms with Crippen molar-refractivity contribution in [2.75, 3.05) is 19.6 Å². The number of β-amino-alcohol motifs (C(OH)–C–C–N with tert-alkyl or cyclic N) is 1. The molecule has 6 aromatic rings. The summed E-state index contributed by atoms with van der Waals surface area (Å²) in [4.78, 5) is 15.5. The van der Waals surface area contributed by atoms with Crippen molar-refractivity contribution in [3.05, 3.63) is 120 Å². The molecular formula is C33H28F4N8O. The van der Waals surface area contributed by atoms with Crippen LogP contribution in [0, 0.1) is 23.3 Å². The molecule has 0 aliphatic carbocycles. The standard InChI is InChI=1S/C33H28F4N8O/c34-23-3-1-21(2-4-23)31-30(29-8-6-25(36)16-45(29)42-31)28-9-12-39-32(41-28)22-10-13-43(14-11-22)17-33(46,18-44-20-38-19-40-44)26-7-5-24(35)15-27(26)37/h1-9,12,15-16,19-20,22,46H,10-11,13-14,17-18H2/t33-/m1/s1. The molecular weight excluding hydrogens is 600 g/mol. The van der Waals surface area contributed by atoms with Crippen LogP contribution in [0.3, 0.4) is 0 Å². The number of hydrogen-bond acceptors (Lipinski definition) is 7. The Bertz CT molecular complexity index is 1990. The lowest BCUT2D eigenvalue weighted by molar-refractivity contribution is -0.0267. The Morgan fingerprint density at radius 3 is 2.37 bits per heavy atom. The predicted octanol–water partition coefficient (Wildman–Crippen LogP) is 5.37. The van der Waals surface area contributed by atoms with Gasteiger partial charge in [0, 0.05) is 35.9 Å². The van der Waals surface area contributed by atoms with E-state index in [2.05, 4.69) is 20.2 Å². The molecule has 1 atom stereocenters. The number of aliphatic hydroxyl groups is 1. The zero-order chi connectivity index (χ0) is 31.8. The number of piperidine rings is 1. The third kappa shape index (κ3) is 5.86. The van der Waals surface area contributed by atoms with Gasteiger partial charge in [0.1, 0.15) is 53.0 Å². The monoisotopic (exact) mass is 628 g/mol. The highest BCUT2D eigenvalue weighted by Gasteiger charge is 2.37. The average molecular weight is 629 g/mol. The summed E-state index contributed by atoms with van der Waals surface area (Å²) >= 11 is 0. The van der Waals surface area contributed by atoms with Crippen molar-refractivity contribution in [2.24, 2.45) is 0 Å². The average Bonchev–Trinajstić information content (AvgIpc) is 3.69. The second kappa shape index (κ2) is 12.1. The molecule has 0 unspecified atom stereocenters. The predicted molar refractivity (Wildman–Crippen MR) is 160 cm³/mol. The molecule has 0 bridgehead atoms. The second-order valence-corrected chi connectivity index (χ2v) is 11.5. The van der Waals surface area contributed by atoms with Crippen molar-refractivity contribution in [2.45, 2.75) is 30.9 Å². The Morgan fingerprint density at radius 1 is 0.870 bits per heavy atom. The molecule has 1 N–H and O–H groups in total. The molecule has 0 saturated carbocycles. The van der Waals surface area contributed by atoms with Gasteiger partial charge in [-0.25, -0.2) is 41.7 Å². The first kappa shape index (κ1) is 29.7. The van der Waals surface area contributed by atoms with Gasteiger partial charge in [0.15, 0.2) is 0 Å². The highest BCUT2D eigenvalue weighted by molar-refractivity contribution is 5.90. The molecule has 0 radical (unpaired) electrons. The number of benzene rings is 2. The van der Waals surface area contributed by atoms with Crippen LogP contribution in [0.5, 0.6) is 0 Å². The van der Waals surface area contributed by atoms with Crippen molar-refractivity contribution >= 4 is 5.52 Å². The molecule has 1 aliphatic heterocycles. The molecule has 1 fully saturated rings. The van der Waals surface area contributed by atoms with Crippen LogP contribution in [0.1, 0.15) is 30.1 Å². The second-order valence-electron chi connectivity index (χ2n) is 11.5. The summed E-state index contributed by atoms with van der Waals surface area (Å²) in [6.45, 7) is 1.15. The van der Waals surface area contributed by atoms with Gasteiger partial charge in [-0.05, 0) is 74.5 Å². The molecule has 9 nitrogen and oxygen atoms in total. The topological polar surface area (TPSA) is 97.3 Å². The Kier molecular flexibility index (Phi) is 7.79. The number of hydrogen-bond donors (Lipinski definition) is 1. The number of likely N-dealkylation sites (tertiary alicyclic amines) is 1. The molecule has 46 heavy (non-hydrogen) atoms. The quantitative estimate of drug-likeness (QED) is 0.226. The summed E-state index contributed by atoms with van der Waals surface area (Å²) < 4.78 is 59.3. The third-order valence-corrected chi connectivity index (χ3v) is 8.40. The van der Waals surface area contributed by atoms with Crippen molar-refractivity contribution in [3.63, 3.8) is 0 Å². The molecule has 1 saturated heterocycles. The van der Waals surface area contributed by atoms with Gasteiger partial charge in [0.05, 0.1) is 29.5 Å². The van der Waals surface area contributed by atoms with Crippen molar-refractivity contribution in [1.29, 1.82) is 0 Å². The van der Waals surface area contributed by atoms with E-state index in [9.17, 15) is 22.7 Å². The first-order valence-electron chi connectivity index (χ1n) is 14.8. The Labute approximate surface area is 260 Å².